The lowest BCUT2D eigenvalue weighted by molar-refractivity contribution is 0.0472. The molecule has 2 aromatic rings. The van der Waals surface area contributed by atoms with Gasteiger partial charge in [0, 0.05) is 12.6 Å². The van der Waals surface area contributed by atoms with E-state index in [1.54, 1.807) is 12.1 Å². The molecule has 0 radical (unpaired) electrons. The predicted octanol–water partition coefficient (Wildman–Crippen LogP) is 4.33. The maximum atomic E-state index is 12.0. The molecule has 1 unspecified atom stereocenters. The molecule has 1 fully saturated rings. The van der Waals surface area contributed by atoms with Crippen LogP contribution in [0.5, 0.6) is 0 Å². The Hall–Kier alpha value is -2.13. The van der Waals surface area contributed by atoms with Gasteiger partial charge < -0.3 is 4.74 Å². The van der Waals surface area contributed by atoms with E-state index in [0.717, 1.165) is 25.9 Å². The molecule has 25 heavy (non-hydrogen) atoms. The van der Waals surface area contributed by atoms with Crippen LogP contribution in [0.1, 0.15) is 41.6 Å². The zero-order chi connectivity index (χ0) is 17.3. The summed E-state index contributed by atoms with van der Waals surface area (Å²) >= 11 is 0. The van der Waals surface area contributed by atoms with Gasteiger partial charge in [0.1, 0.15) is 0 Å². The molecule has 3 heteroatoms. The topological polar surface area (TPSA) is 29.5 Å². The van der Waals surface area contributed by atoms with Crippen LogP contribution in [-0.4, -0.2) is 36.6 Å². The molecule has 1 saturated heterocycles. The third-order valence-electron chi connectivity index (χ3n) is 4.90. The monoisotopic (exact) mass is 337 g/mol. The van der Waals surface area contributed by atoms with Crippen LogP contribution in [0.25, 0.3) is 0 Å². The molecule has 0 bridgehead atoms. The number of hydrogen-bond donors (Lipinski definition) is 0. The summed E-state index contributed by atoms with van der Waals surface area (Å²) in [7, 11) is 0. The second-order valence-corrected chi connectivity index (χ2v) is 6.73. The smallest absolute Gasteiger partial charge is 0.338 e. The van der Waals surface area contributed by atoms with Gasteiger partial charge in [0.2, 0.25) is 0 Å². The lowest BCUT2D eigenvalue weighted by Crippen LogP contribution is -2.41. The number of hydrogen-bond acceptors (Lipinski definition) is 3. The summed E-state index contributed by atoms with van der Waals surface area (Å²) in [6.45, 7) is 2.64. The first-order valence-electron chi connectivity index (χ1n) is 9.33. The Labute approximate surface area is 150 Å². The van der Waals surface area contributed by atoms with Crippen molar-refractivity contribution in [2.24, 2.45) is 0 Å². The highest BCUT2D eigenvalue weighted by Crippen LogP contribution is 2.21. The summed E-state index contributed by atoms with van der Waals surface area (Å²) in [6, 6.07) is 20.6. The van der Waals surface area contributed by atoms with E-state index in [1.165, 1.54) is 24.8 Å². The van der Waals surface area contributed by atoms with Crippen LogP contribution in [0.4, 0.5) is 0 Å². The van der Waals surface area contributed by atoms with Crippen molar-refractivity contribution in [3.63, 3.8) is 0 Å². The predicted molar refractivity (Wildman–Crippen MR) is 101 cm³/mol. The Morgan fingerprint density at radius 1 is 1.00 bits per heavy atom. The second-order valence-electron chi connectivity index (χ2n) is 6.73. The van der Waals surface area contributed by atoms with Crippen LogP contribution in [0.3, 0.4) is 0 Å². The Kier molecular flexibility index (Phi) is 6.63. The molecule has 0 aromatic heterocycles. The van der Waals surface area contributed by atoms with E-state index >= 15 is 0 Å². The highest BCUT2D eigenvalue weighted by Gasteiger charge is 2.22. The maximum absolute atomic E-state index is 12.0. The first-order chi connectivity index (χ1) is 12.3. The first kappa shape index (κ1) is 17.7. The van der Waals surface area contributed by atoms with E-state index in [2.05, 4.69) is 35.2 Å². The van der Waals surface area contributed by atoms with E-state index in [-0.39, 0.29) is 5.97 Å². The average Bonchev–Trinajstić information content (AvgIpc) is 2.68. The van der Waals surface area contributed by atoms with Gasteiger partial charge in [0.25, 0.3) is 0 Å². The van der Waals surface area contributed by atoms with Crippen molar-refractivity contribution in [3.05, 3.63) is 71.8 Å². The van der Waals surface area contributed by atoms with Crippen molar-refractivity contribution >= 4 is 5.97 Å². The molecule has 0 N–H and O–H groups in total. The summed E-state index contributed by atoms with van der Waals surface area (Å²) in [4.78, 5) is 14.5. The van der Waals surface area contributed by atoms with E-state index in [4.69, 9.17) is 4.74 Å². The van der Waals surface area contributed by atoms with Crippen molar-refractivity contribution in [2.75, 3.05) is 19.7 Å². The molecule has 132 valence electrons. The quantitative estimate of drug-likeness (QED) is 0.556. The lowest BCUT2D eigenvalue weighted by Gasteiger charge is -2.36. The van der Waals surface area contributed by atoms with Gasteiger partial charge in [-0.25, -0.2) is 4.79 Å². The molecule has 0 spiro atoms. The molecule has 0 aliphatic carbocycles. The Morgan fingerprint density at radius 2 is 1.72 bits per heavy atom. The number of piperidine rings is 1. The van der Waals surface area contributed by atoms with Gasteiger partial charge in [0.15, 0.2) is 0 Å². The summed E-state index contributed by atoms with van der Waals surface area (Å²) < 4.78 is 5.41. The number of ether oxygens (including phenoxy) is 1. The number of carbonyl (C=O) groups excluding carboxylic acids is 1. The van der Waals surface area contributed by atoms with Crippen molar-refractivity contribution < 1.29 is 9.53 Å². The molecule has 2 aromatic carbocycles. The van der Waals surface area contributed by atoms with Crippen molar-refractivity contribution in [3.8, 4) is 0 Å². The second kappa shape index (κ2) is 9.38. The maximum Gasteiger partial charge on any atom is 0.338 e. The third kappa shape index (κ3) is 5.43. The fourth-order valence-electron chi connectivity index (χ4n) is 3.56. The number of esters is 1. The molecular formula is C22H27NO2. The molecule has 0 amide bonds. The molecule has 0 saturated carbocycles. The summed E-state index contributed by atoms with van der Waals surface area (Å²) in [6.07, 6.45) is 5.86. The summed E-state index contributed by atoms with van der Waals surface area (Å²) in [5.41, 5.74) is 2.04. The van der Waals surface area contributed by atoms with Crippen molar-refractivity contribution in [2.45, 2.75) is 38.1 Å². The van der Waals surface area contributed by atoms with Gasteiger partial charge in [-0.3, -0.25) is 4.90 Å². The molecule has 1 atom stereocenters. The lowest BCUT2D eigenvalue weighted by atomic mass is 9.95. The van der Waals surface area contributed by atoms with Gasteiger partial charge >= 0.3 is 5.97 Å². The third-order valence-corrected chi connectivity index (χ3v) is 4.90. The Balaban J connectivity index is 1.43. The van der Waals surface area contributed by atoms with E-state index in [9.17, 15) is 4.79 Å². The fourth-order valence-corrected chi connectivity index (χ4v) is 3.56. The summed E-state index contributed by atoms with van der Waals surface area (Å²) in [5.74, 6) is -0.222. The SMILES string of the molecule is O=C(OCCCN1CCCCC1Cc1ccccc1)c1ccccc1. The minimum Gasteiger partial charge on any atom is -0.462 e. The van der Waals surface area contributed by atoms with Gasteiger partial charge in [0.05, 0.1) is 12.2 Å². The van der Waals surface area contributed by atoms with E-state index in [1.807, 2.05) is 18.2 Å². The Morgan fingerprint density at radius 3 is 2.48 bits per heavy atom. The largest absolute Gasteiger partial charge is 0.462 e. The molecular weight excluding hydrogens is 310 g/mol. The van der Waals surface area contributed by atoms with Gasteiger partial charge in [-0.2, -0.15) is 0 Å². The van der Waals surface area contributed by atoms with Crippen LogP contribution in [-0.2, 0) is 11.2 Å². The van der Waals surface area contributed by atoms with Crippen LogP contribution in [0, 0.1) is 0 Å². The van der Waals surface area contributed by atoms with E-state index in [0.29, 0.717) is 18.2 Å². The number of nitrogens with zero attached hydrogens (tertiary/aromatic N) is 1. The van der Waals surface area contributed by atoms with E-state index < -0.39 is 0 Å². The van der Waals surface area contributed by atoms with Gasteiger partial charge in [-0.15, -0.1) is 0 Å². The molecule has 1 heterocycles. The van der Waals surface area contributed by atoms with Gasteiger partial charge in [-0.1, -0.05) is 55.0 Å². The van der Waals surface area contributed by atoms with Crippen molar-refractivity contribution in [1.82, 2.24) is 4.90 Å². The van der Waals surface area contributed by atoms with Gasteiger partial charge in [-0.05, 0) is 49.9 Å². The van der Waals surface area contributed by atoms with Crippen molar-refractivity contribution in [1.29, 1.82) is 0 Å². The number of carbonyl (C=O) groups is 1. The normalized spacial score (nSPS) is 18.0. The zero-order valence-electron chi connectivity index (χ0n) is 14.8. The van der Waals surface area contributed by atoms with Crippen LogP contribution < -0.4 is 0 Å². The number of benzene rings is 2. The zero-order valence-corrected chi connectivity index (χ0v) is 14.8. The molecule has 1 aliphatic rings. The average molecular weight is 337 g/mol. The first-order valence-corrected chi connectivity index (χ1v) is 9.33. The molecule has 1 aliphatic heterocycles. The minimum absolute atomic E-state index is 0.222. The minimum atomic E-state index is -0.222. The fraction of sp³-hybridized carbons (Fsp3) is 0.409. The highest BCUT2D eigenvalue weighted by atomic mass is 16.5. The molecule has 3 rings (SSSR count). The number of rotatable bonds is 7. The van der Waals surface area contributed by atoms with Crippen LogP contribution in [0.2, 0.25) is 0 Å². The van der Waals surface area contributed by atoms with Crippen LogP contribution in [0.15, 0.2) is 60.7 Å². The highest BCUT2D eigenvalue weighted by molar-refractivity contribution is 5.89. The summed E-state index contributed by atoms with van der Waals surface area (Å²) in [5, 5.41) is 0. The standard InChI is InChI=1S/C22H27NO2/c24-22(20-12-5-2-6-13-20)25-17-9-16-23-15-8-7-14-21(23)18-19-10-3-1-4-11-19/h1-6,10-13,21H,7-9,14-18H2. The van der Waals surface area contributed by atoms with Crippen LogP contribution >= 0.6 is 0 Å². The number of likely N-dealkylation sites (tertiary alicyclic amines) is 1. The Bertz CT molecular complexity index is 642. The molecule has 3 nitrogen and oxygen atoms in total.